The maximum Gasteiger partial charge on any atom is 0.256 e. The standard InChI is InChI=1S/C25H21F4N5O/c1-33-8-10-34(11-9-33)16-5-2-14(3-6-16)25(35)30-24-17-7-4-15(12-20(17)31-32-24)21-22(28)18(26)13-19(27)23(21)29/h2-7,12-13H,8-11H2,1H3,(H2,30,31,32,35). The average Bonchev–Trinajstić information content (AvgIpc) is 3.25. The third kappa shape index (κ3) is 4.32. The van der Waals surface area contributed by atoms with Crippen LogP contribution in [0.4, 0.5) is 29.1 Å². The Morgan fingerprint density at radius 3 is 2.23 bits per heavy atom. The number of rotatable bonds is 4. The maximum absolute atomic E-state index is 14.2. The van der Waals surface area contributed by atoms with Crippen LogP contribution in [0.25, 0.3) is 22.0 Å². The van der Waals surface area contributed by atoms with Gasteiger partial charge in [0.05, 0.1) is 11.1 Å². The van der Waals surface area contributed by atoms with Crippen LogP contribution in [0.3, 0.4) is 0 Å². The van der Waals surface area contributed by atoms with E-state index < -0.39 is 28.8 Å². The third-order valence-corrected chi connectivity index (χ3v) is 6.19. The van der Waals surface area contributed by atoms with E-state index >= 15 is 0 Å². The second-order valence-corrected chi connectivity index (χ2v) is 8.47. The Hall–Kier alpha value is -3.92. The van der Waals surface area contributed by atoms with Gasteiger partial charge in [-0.1, -0.05) is 6.07 Å². The fraction of sp³-hybridized carbons (Fsp3) is 0.200. The molecule has 5 rings (SSSR count). The van der Waals surface area contributed by atoms with Gasteiger partial charge in [-0.25, -0.2) is 17.6 Å². The van der Waals surface area contributed by atoms with Crippen molar-refractivity contribution in [3.05, 3.63) is 77.4 Å². The summed E-state index contributed by atoms with van der Waals surface area (Å²) in [4.78, 5) is 17.3. The van der Waals surface area contributed by atoms with Crippen LogP contribution in [0.2, 0.25) is 0 Å². The molecule has 1 saturated heterocycles. The molecule has 0 atom stereocenters. The Labute approximate surface area is 198 Å². The molecular formula is C25H21F4N5O. The van der Waals surface area contributed by atoms with E-state index in [1.807, 2.05) is 12.1 Å². The van der Waals surface area contributed by atoms with Gasteiger partial charge in [-0.05, 0) is 49.0 Å². The van der Waals surface area contributed by atoms with Gasteiger partial charge in [-0.3, -0.25) is 9.89 Å². The number of hydrogen-bond acceptors (Lipinski definition) is 4. The number of benzene rings is 3. The van der Waals surface area contributed by atoms with E-state index in [-0.39, 0.29) is 23.4 Å². The molecule has 1 amide bonds. The second-order valence-electron chi connectivity index (χ2n) is 8.47. The highest BCUT2D eigenvalue weighted by atomic mass is 19.2. The molecular weight excluding hydrogens is 462 g/mol. The summed E-state index contributed by atoms with van der Waals surface area (Å²) in [5.41, 5.74) is 0.916. The van der Waals surface area contributed by atoms with Crippen molar-refractivity contribution >= 4 is 28.3 Å². The minimum absolute atomic E-state index is 0.0769. The first-order valence-electron chi connectivity index (χ1n) is 11.0. The smallest absolute Gasteiger partial charge is 0.256 e. The van der Waals surface area contributed by atoms with Crippen LogP contribution in [0.15, 0.2) is 48.5 Å². The predicted octanol–water partition coefficient (Wildman–Crippen LogP) is 4.79. The van der Waals surface area contributed by atoms with Crippen molar-refractivity contribution in [2.45, 2.75) is 0 Å². The lowest BCUT2D eigenvalue weighted by Gasteiger charge is -2.34. The molecule has 0 radical (unpaired) electrons. The minimum Gasteiger partial charge on any atom is -0.369 e. The molecule has 0 saturated carbocycles. The van der Waals surface area contributed by atoms with Crippen LogP contribution >= 0.6 is 0 Å². The summed E-state index contributed by atoms with van der Waals surface area (Å²) in [6.45, 7) is 3.78. The third-order valence-electron chi connectivity index (χ3n) is 6.19. The van der Waals surface area contributed by atoms with Crippen molar-refractivity contribution in [3.63, 3.8) is 0 Å². The number of nitrogens with one attached hydrogen (secondary N) is 2. The van der Waals surface area contributed by atoms with Crippen LogP contribution in [0, 0.1) is 23.3 Å². The molecule has 10 heteroatoms. The molecule has 6 nitrogen and oxygen atoms in total. The van der Waals surface area contributed by atoms with Gasteiger partial charge in [-0.15, -0.1) is 0 Å². The van der Waals surface area contributed by atoms with Crippen LogP contribution in [0.1, 0.15) is 10.4 Å². The van der Waals surface area contributed by atoms with E-state index in [1.54, 1.807) is 12.1 Å². The van der Waals surface area contributed by atoms with Gasteiger partial charge in [0.2, 0.25) is 0 Å². The van der Waals surface area contributed by atoms with E-state index in [1.165, 1.54) is 18.2 Å². The number of likely N-dealkylation sites (N-methyl/N-ethyl adjacent to an activating group) is 1. The first kappa shape index (κ1) is 22.9. The Morgan fingerprint density at radius 1 is 0.914 bits per heavy atom. The molecule has 4 aromatic rings. The fourth-order valence-corrected chi connectivity index (χ4v) is 4.16. The number of amides is 1. The van der Waals surface area contributed by atoms with Crippen LogP contribution < -0.4 is 10.2 Å². The van der Waals surface area contributed by atoms with Crippen molar-refractivity contribution < 1.29 is 22.4 Å². The Kier molecular flexibility index (Phi) is 5.89. The Balaban J connectivity index is 1.36. The summed E-state index contributed by atoms with van der Waals surface area (Å²) in [6, 6.07) is 11.5. The predicted molar refractivity (Wildman–Crippen MR) is 125 cm³/mol. The Morgan fingerprint density at radius 2 is 1.57 bits per heavy atom. The zero-order chi connectivity index (χ0) is 24.7. The largest absolute Gasteiger partial charge is 0.369 e. The maximum atomic E-state index is 14.2. The molecule has 2 heterocycles. The van der Waals surface area contributed by atoms with Crippen molar-refractivity contribution in [2.24, 2.45) is 0 Å². The number of hydrogen-bond donors (Lipinski definition) is 2. The number of anilines is 2. The molecule has 0 bridgehead atoms. The molecule has 3 aromatic carbocycles. The number of piperazine rings is 1. The average molecular weight is 483 g/mol. The second kappa shape index (κ2) is 9.03. The number of halogens is 4. The fourth-order valence-electron chi connectivity index (χ4n) is 4.16. The van der Waals surface area contributed by atoms with Crippen LogP contribution in [0.5, 0.6) is 0 Å². The molecule has 2 N–H and O–H groups in total. The molecule has 1 aliphatic rings. The summed E-state index contributed by atoms with van der Waals surface area (Å²) >= 11 is 0. The highest BCUT2D eigenvalue weighted by Gasteiger charge is 2.22. The van der Waals surface area contributed by atoms with E-state index in [0.29, 0.717) is 16.5 Å². The number of H-pyrrole nitrogens is 1. The van der Waals surface area contributed by atoms with E-state index in [4.69, 9.17) is 0 Å². The quantitative estimate of drug-likeness (QED) is 0.324. The van der Waals surface area contributed by atoms with Crippen molar-refractivity contribution in [2.75, 3.05) is 43.4 Å². The van der Waals surface area contributed by atoms with Gasteiger partial charge in [0.25, 0.3) is 5.91 Å². The van der Waals surface area contributed by atoms with Crippen molar-refractivity contribution in [3.8, 4) is 11.1 Å². The first-order valence-corrected chi connectivity index (χ1v) is 11.0. The number of aromatic nitrogens is 2. The number of nitrogens with zero attached hydrogens (tertiary/aromatic N) is 3. The molecule has 1 aromatic heterocycles. The monoisotopic (exact) mass is 483 g/mol. The lowest BCUT2D eigenvalue weighted by molar-refractivity contribution is 0.102. The summed E-state index contributed by atoms with van der Waals surface area (Å²) in [5, 5.41) is 9.92. The summed E-state index contributed by atoms with van der Waals surface area (Å²) in [7, 11) is 2.09. The van der Waals surface area contributed by atoms with Gasteiger partial charge in [0.15, 0.2) is 29.1 Å². The van der Waals surface area contributed by atoms with E-state index in [0.717, 1.165) is 31.9 Å². The molecule has 0 unspecified atom stereocenters. The molecule has 0 aliphatic carbocycles. The summed E-state index contributed by atoms with van der Waals surface area (Å²) in [6.07, 6.45) is 0. The summed E-state index contributed by atoms with van der Waals surface area (Å²) < 4.78 is 55.6. The molecule has 1 aliphatic heterocycles. The molecule has 0 spiro atoms. The van der Waals surface area contributed by atoms with Crippen LogP contribution in [-0.2, 0) is 0 Å². The van der Waals surface area contributed by atoms with E-state index in [2.05, 4.69) is 32.4 Å². The van der Waals surface area contributed by atoms with E-state index in [9.17, 15) is 22.4 Å². The lowest BCUT2D eigenvalue weighted by Crippen LogP contribution is -2.44. The normalized spacial score (nSPS) is 14.5. The van der Waals surface area contributed by atoms with Gasteiger partial charge < -0.3 is 15.1 Å². The number of carbonyl (C=O) groups excluding carboxylic acids is 1. The SMILES string of the molecule is CN1CCN(c2ccc(C(=O)Nc3n[nH]c4cc(-c5c(F)c(F)cc(F)c5F)ccc34)cc2)CC1. The minimum atomic E-state index is -1.49. The van der Waals surface area contributed by atoms with Gasteiger partial charge in [0, 0.05) is 48.9 Å². The lowest BCUT2D eigenvalue weighted by atomic mass is 10.0. The molecule has 35 heavy (non-hydrogen) atoms. The number of fused-ring (bicyclic) bond motifs is 1. The van der Waals surface area contributed by atoms with Crippen molar-refractivity contribution in [1.29, 1.82) is 0 Å². The van der Waals surface area contributed by atoms with Crippen molar-refractivity contribution in [1.82, 2.24) is 15.1 Å². The topological polar surface area (TPSA) is 64.3 Å². The van der Waals surface area contributed by atoms with Gasteiger partial charge in [-0.2, -0.15) is 5.10 Å². The van der Waals surface area contributed by atoms with Gasteiger partial charge >= 0.3 is 0 Å². The molecule has 1 fully saturated rings. The Bertz CT molecular complexity index is 1390. The molecule has 180 valence electrons. The zero-order valence-electron chi connectivity index (χ0n) is 18.7. The number of aromatic amines is 1. The first-order chi connectivity index (χ1) is 16.8. The number of carbonyl (C=O) groups is 1. The zero-order valence-corrected chi connectivity index (χ0v) is 18.7. The summed E-state index contributed by atoms with van der Waals surface area (Å²) in [5.74, 6) is -6.12. The van der Waals surface area contributed by atoms with Gasteiger partial charge in [0.1, 0.15) is 0 Å². The van der Waals surface area contributed by atoms with Crippen LogP contribution in [-0.4, -0.2) is 54.2 Å². The highest BCUT2D eigenvalue weighted by molar-refractivity contribution is 6.08. The highest BCUT2D eigenvalue weighted by Crippen LogP contribution is 2.32.